The summed E-state index contributed by atoms with van der Waals surface area (Å²) >= 11 is 0. The lowest BCUT2D eigenvalue weighted by atomic mass is 10.2. The van der Waals surface area contributed by atoms with E-state index in [1.165, 1.54) is 0 Å². The van der Waals surface area contributed by atoms with E-state index in [4.69, 9.17) is 13.7 Å². The molecule has 3 rings (SSSR count). The van der Waals surface area contributed by atoms with E-state index in [1.54, 1.807) is 19.9 Å². The molecule has 22 heavy (non-hydrogen) atoms. The number of rotatable bonds is 4. The summed E-state index contributed by atoms with van der Waals surface area (Å²) in [6.45, 7) is 3.40. The van der Waals surface area contributed by atoms with E-state index in [1.807, 2.05) is 30.3 Å². The second-order valence-electron chi connectivity index (χ2n) is 4.78. The minimum atomic E-state index is -0.478. The first-order chi connectivity index (χ1) is 10.6. The van der Waals surface area contributed by atoms with Crippen molar-refractivity contribution in [3.8, 4) is 11.4 Å². The molecule has 0 bridgehead atoms. The topological polar surface area (TPSA) is 78.4 Å². The van der Waals surface area contributed by atoms with Gasteiger partial charge in [-0.3, -0.25) is 0 Å². The van der Waals surface area contributed by atoms with Crippen molar-refractivity contribution in [1.82, 2.24) is 10.1 Å². The lowest BCUT2D eigenvalue weighted by Gasteiger charge is -1.99. The maximum Gasteiger partial charge on any atom is 0.342 e. The summed E-state index contributed by atoms with van der Waals surface area (Å²) in [7, 11) is 0. The molecule has 2 heterocycles. The Bertz CT molecular complexity index is 790. The first-order valence-electron chi connectivity index (χ1n) is 6.75. The fourth-order valence-electron chi connectivity index (χ4n) is 2.06. The molecule has 3 aromatic rings. The van der Waals surface area contributed by atoms with Crippen LogP contribution in [0.15, 0.2) is 45.3 Å². The molecule has 0 saturated carbocycles. The number of ether oxygens (including phenoxy) is 1. The SMILES string of the molecule is Cc1cc(C(=O)OCc2nc(-c3ccccc3)no2)c(C)o1. The molecular weight excluding hydrogens is 284 g/mol. The lowest BCUT2D eigenvalue weighted by Crippen LogP contribution is -2.05. The summed E-state index contributed by atoms with van der Waals surface area (Å²) < 4.78 is 15.5. The number of carbonyl (C=O) groups excluding carboxylic acids is 1. The highest BCUT2D eigenvalue weighted by Gasteiger charge is 2.16. The van der Waals surface area contributed by atoms with Crippen molar-refractivity contribution in [3.05, 3.63) is 59.4 Å². The lowest BCUT2D eigenvalue weighted by molar-refractivity contribution is 0.0428. The number of benzene rings is 1. The molecule has 0 N–H and O–H groups in total. The molecule has 0 radical (unpaired) electrons. The van der Waals surface area contributed by atoms with Crippen LogP contribution in [0.4, 0.5) is 0 Å². The summed E-state index contributed by atoms with van der Waals surface area (Å²) in [5.41, 5.74) is 1.24. The van der Waals surface area contributed by atoms with Gasteiger partial charge in [-0.25, -0.2) is 4.79 Å². The van der Waals surface area contributed by atoms with Crippen LogP contribution in [-0.2, 0) is 11.3 Å². The van der Waals surface area contributed by atoms with Crippen molar-refractivity contribution in [2.75, 3.05) is 0 Å². The highest BCUT2D eigenvalue weighted by Crippen LogP contribution is 2.17. The summed E-state index contributed by atoms with van der Waals surface area (Å²) in [6, 6.07) is 11.1. The van der Waals surface area contributed by atoms with Crippen molar-refractivity contribution in [1.29, 1.82) is 0 Å². The maximum atomic E-state index is 12.0. The predicted octanol–water partition coefficient (Wildman–Crippen LogP) is 3.30. The van der Waals surface area contributed by atoms with Crippen LogP contribution in [0.25, 0.3) is 11.4 Å². The standard InChI is InChI=1S/C16H14N2O4/c1-10-8-13(11(2)21-10)16(19)20-9-14-17-15(18-22-14)12-6-4-3-5-7-12/h3-8H,9H2,1-2H3. The summed E-state index contributed by atoms with van der Waals surface area (Å²) in [6.07, 6.45) is 0. The van der Waals surface area contributed by atoms with Gasteiger partial charge in [0.05, 0.1) is 0 Å². The normalized spacial score (nSPS) is 10.6. The van der Waals surface area contributed by atoms with E-state index in [0.717, 1.165) is 5.56 Å². The average molecular weight is 298 g/mol. The molecule has 2 aromatic heterocycles. The molecule has 0 saturated heterocycles. The first kappa shape index (κ1) is 14.1. The number of hydrogen-bond donors (Lipinski definition) is 0. The fraction of sp³-hybridized carbons (Fsp3) is 0.188. The van der Waals surface area contributed by atoms with Crippen LogP contribution in [0.5, 0.6) is 0 Å². The number of aryl methyl sites for hydroxylation is 2. The maximum absolute atomic E-state index is 12.0. The summed E-state index contributed by atoms with van der Waals surface area (Å²) in [4.78, 5) is 16.2. The highest BCUT2D eigenvalue weighted by molar-refractivity contribution is 5.90. The van der Waals surface area contributed by atoms with Gasteiger partial charge in [0, 0.05) is 5.56 Å². The van der Waals surface area contributed by atoms with Crippen LogP contribution in [0, 0.1) is 13.8 Å². The van der Waals surface area contributed by atoms with E-state index in [2.05, 4.69) is 10.1 Å². The van der Waals surface area contributed by atoms with E-state index in [-0.39, 0.29) is 12.5 Å². The zero-order valence-electron chi connectivity index (χ0n) is 12.2. The quantitative estimate of drug-likeness (QED) is 0.688. The largest absolute Gasteiger partial charge is 0.466 e. The van der Waals surface area contributed by atoms with E-state index in [9.17, 15) is 4.79 Å². The minimum absolute atomic E-state index is 0.0810. The smallest absolute Gasteiger partial charge is 0.342 e. The van der Waals surface area contributed by atoms with Crippen molar-refractivity contribution < 1.29 is 18.5 Å². The Hall–Kier alpha value is -2.89. The van der Waals surface area contributed by atoms with Gasteiger partial charge in [0.1, 0.15) is 17.1 Å². The number of nitrogens with zero attached hydrogens (tertiary/aromatic N) is 2. The van der Waals surface area contributed by atoms with Gasteiger partial charge in [0.2, 0.25) is 5.82 Å². The molecule has 0 aliphatic rings. The Labute approximate surface area is 126 Å². The Kier molecular flexibility index (Phi) is 3.74. The molecule has 1 aromatic carbocycles. The third-order valence-corrected chi connectivity index (χ3v) is 3.09. The molecule has 0 fully saturated rings. The molecule has 0 atom stereocenters. The number of hydrogen-bond acceptors (Lipinski definition) is 6. The van der Waals surface area contributed by atoms with E-state index in [0.29, 0.717) is 22.9 Å². The molecule has 0 aliphatic heterocycles. The Morgan fingerprint density at radius 1 is 1.23 bits per heavy atom. The van der Waals surface area contributed by atoms with Gasteiger partial charge < -0.3 is 13.7 Å². The van der Waals surface area contributed by atoms with E-state index >= 15 is 0 Å². The Morgan fingerprint density at radius 3 is 2.68 bits per heavy atom. The fourth-order valence-corrected chi connectivity index (χ4v) is 2.06. The summed E-state index contributed by atoms with van der Waals surface area (Å²) in [5, 5.41) is 3.86. The zero-order chi connectivity index (χ0) is 15.5. The van der Waals surface area contributed by atoms with Gasteiger partial charge in [0.25, 0.3) is 5.89 Å². The second-order valence-corrected chi connectivity index (χ2v) is 4.78. The van der Waals surface area contributed by atoms with Crippen LogP contribution in [-0.4, -0.2) is 16.1 Å². The van der Waals surface area contributed by atoms with Gasteiger partial charge in [-0.1, -0.05) is 35.5 Å². The molecular formula is C16H14N2O4. The molecule has 6 nitrogen and oxygen atoms in total. The summed E-state index contributed by atoms with van der Waals surface area (Å²) in [5.74, 6) is 1.41. The molecule has 112 valence electrons. The van der Waals surface area contributed by atoms with Gasteiger partial charge in [-0.2, -0.15) is 4.98 Å². The number of furan rings is 1. The van der Waals surface area contributed by atoms with Crippen molar-refractivity contribution in [2.45, 2.75) is 20.5 Å². The average Bonchev–Trinajstić information content (AvgIpc) is 3.12. The second kappa shape index (κ2) is 5.85. The van der Waals surface area contributed by atoms with Crippen LogP contribution in [0.2, 0.25) is 0 Å². The minimum Gasteiger partial charge on any atom is -0.466 e. The van der Waals surface area contributed by atoms with Gasteiger partial charge >= 0.3 is 5.97 Å². The van der Waals surface area contributed by atoms with Gasteiger partial charge in [0.15, 0.2) is 6.61 Å². The van der Waals surface area contributed by atoms with E-state index < -0.39 is 5.97 Å². The van der Waals surface area contributed by atoms with Crippen molar-refractivity contribution in [2.24, 2.45) is 0 Å². The molecule has 6 heteroatoms. The van der Waals surface area contributed by atoms with Crippen LogP contribution < -0.4 is 0 Å². The van der Waals surface area contributed by atoms with Gasteiger partial charge in [-0.15, -0.1) is 0 Å². The number of aromatic nitrogens is 2. The third-order valence-electron chi connectivity index (χ3n) is 3.09. The molecule has 0 aliphatic carbocycles. The monoisotopic (exact) mass is 298 g/mol. The molecule has 0 unspecified atom stereocenters. The zero-order valence-corrected chi connectivity index (χ0v) is 12.2. The van der Waals surface area contributed by atoms with Crippen LogP contribution in [0.3, 0.4) is 0 Å². The van der Waals surface area contributed by atoms with Crippen molar-refractivity contribution in [3.63, 3.8) is 0 Å². The van der Waals surface area contributed by atoms with Crippen LogP contribution in [0.1, 0.15) is 27.8 Å². The Morgan fingerprint density at radius 2 is 2.00 bits per heavy atom. The number of esters is 1. The highest BCUT2D eigenvalue weighted by atomic mass is 16.6. The third kappa shape index (κ3) is 2.90. The van der Waals surface area contributed by atoms with Gasteiger partial charge in [-0.05, 0) is 19.9 Å². The number of carbonyl (C=O) groups is 1. The van der Waals surface area contributed by atoms with Crippen molar-refractivity contribution >= 4 is 5.97 Å². The van der Waals surface area contributed by atoms with Crippen LogP contribution >= 0.6 is 0 Å². The molecule has 0 amide bonds. The molecule has 0 spiro atoms. The Balaban J connectivity index is 1.66. The predicted molar refractivity (Wildman–Crippen MR) is 77.0 cm³/mol. The first-order valence-corrected chi connectivity index (χ1v) is 6.75.